The molecule has 1 fully saturated rings. The Bertz CT molecular complexity index is 523. The van der Waals surface area contributed by atoms with Crippen LogP contribution in [0.5, 0.6) is 0 Å². The van der Waals surface area contributed by atoms with Crippen LogP contribution in [0.4, 0.5) is 4.39 Å². The van der Waals surface area contributed by atoms with Gasteiger partial charge in [0.2, 0.25) is 5.91 Å². The molecule has 1 aromatic rings. The molecule has 114 valence electrons. The maximum Gasteiger partial charge on any atom is 0.307 e. The fourth-order valence-corrected chi connectivity index (χ4v) is 2.48. The number of hydrogen-bond acceptors (Lipinski definition) is 3. The Morgan fingerprint density at radius 3 is 2.43 bits per heavy atom. The quantitative estimate of drug-likeness (QED) is 0.756. The molecule has 4 nitrogen and oxygen atoms in total. The molecule has 0 unspecified atom stereocenters. The Labute approximate surface area is 123 Å². The molecular weight excluding hydrogens is 273 g/mol. The van der Waals surface area contributed by atoms with Gasteiger partial charge in [0.15, 0.2) is 0 Å². The molecular formula is C16H20FNO3. The standard InChI is InChI=1S/C16H20FNO3/c1-3-21-14(19)8-11-18(2)15(20)16(9-10-16)12-4-6-13(17)7-5-12/h4-7H,3,8-11H2,1-2H3. The molecule has 0 atom stereocenters. The lowest BCUT2D eigenvalue weighted by atomic mass is 9.94. The molecule has 1 aromatic carbocycles. The number of likely N-dealkylation sites (N-methyl/N-ethyl adjacent to an activating group) is 1. The van der Waals surface area contributed by atoms with Crippen molar-refractivity contribution in [1.29, 1.82) is 0 Å². The van der Waals surface area contributed by atoms with Crippen molar-refractivity contribution in [3.05, 3.63) is 35.6 Å². The number of benzene rings is 1. The molecule has 0 heterocycles. The number of nitrogens with zero attached hydrogens (tertiary/aromatic N) is 1. The molecule has 0 spiro atoms. The van der Waals surface area contributed by atoms with Gasteiger partial charge in [-0.1, -0.05) is 12.1 Å². The van der Waals surface area contributed by atoms with Crippen LogP contribution < -0.4 is 0 Å². The van der Waals surface area contributed by atoms with E-state index in [0.717, 1.165) is 18.4 Å². The molecule has 0 aliphatic heterocycles. The SMILES string of the molecule is CCOC(=O)CCN(C)C(=O)C1(c2ccc(F)cc2)CC1. The lowest BCUT2D eigenvalue weighted by molar-refractivity contribution is -0.144. The Hall–Kier alpha value is -1.91. The van der Waals surface area contributed by atoms with Crippen molar-refractivity contribution in [2.24, 2.45) is 0 Å². The maximum absolute atomic E-state index is 13.0. The second kappa shape index (κ2) is 6.24. The molecule has 0 radical (unpaired) electrons. The summed E-state index contributed by atoms with van der Waals surface area (Å²) in [6.45, 7) is 2.43. The second-order valence-corrected chi connectivity index (χ2v) is 5.37. The number of hydrogen-bond donors (Lipinski definition) is 0. The van der Waals surface area contributed by atoms with E-state index in [1.165, 1.54) is 12.1 Å². The van der Waals surface area contributed by atoms with E-state index >= 15 is 0 Å². The number of carbonyl (C=O) groups is 2. The van der Waals surface area contributed by atoms with Crippen LogP contribution in [0, 0.1) is 5.82 Å². The molecule has 0 aromatic heterocycles. The van der Waals surface area contributed by atoms with E-state index in [-0.39, 0.29) is 24.1 Å². The Kier molecular flexibility index (Phi) is 4.60. The van der Waals surface area contributed by atoms with E-state index < -0.39 is 5.41 Å². The highest BCUT2D eigenvalue weighted by Gasteiger charge is 2.52. The van der Waals surface area contributed by atoms with Crippen molar-refractivity contribution < 1.29 is 18.7 Å². The third kappa shape index (κ3) is 3.40. The number of ether oxygens (including phenoxy) is 1. The minimum Gasteiger partial charge on any atom is -0.466 e. The highest BCUT2D eigenvalue weighted by atomic mass is 19.1. The van der Waals surface area contributed by atoms with Gasteiger partial charge in [-0.15, -0.1) is 0 Å². The average molecular weight is 293 g/mol. The fraction of sp³-hybridized carbons (Fsp3) is 0.500. The molecule has 1 amide bonds. The van der Waals surface area contributed by atoms with Gasteiger partial charge >= 0.3 is 5.97 Å². The number of esters is 1. The smallest absolute Gasteiger partial charge is 0.307 e. The van der Waals surface area contributed by atoms with E-state index in [2.05, 4.69) is 0 Å². The van der Waals surface area contributed by atoms with Gasteiger partial charge in [-0.25, -0.2) is 4.39 Å². The number of amides is 1. The lowest BCUT2D eigenvalue weighted by Gasteiger charge is -2.23. The molecule has 1 aliphatic carbocycles. The van der Waals surface area contributed by atoms with Crippen LogP contribution in [0.2, 0.25) is 0 Å². The number of rotatable bonds is 6. The first-order valence-corrected chi connectivity index (χ1v) is 7.17. The summed E-state index contributed by atoms with van der Waals surface area (Å²) in [5.74, 6) is -0.625. The van der Waals surface area contributed by atoms with Crippen molar-refractivity contribution in [1.82, 2.24) is 4.90 Å². The molecule has 0 saturated heterocycles. The zero-order valence-corrected chi connectivity index (χ0v) is 12.4. The van der Waals surface area contributed by atoms with E-state index in [9.17, 15) is 14.0 Å². The summed E-state index contributed by atoms with van der Waals surface area (Å²) in [4.78, 5) is 25.5. The predicted octanol–water partition coefficient (Wildman–Crippen LogP) is 2.27. The van der Waals surface area contributed by atoms with Gasteiger partial charge in [-0.2, -0.15) is 0 Å². The Morgan fingerprint density at radius 2 is 1.90 bits per heavy atom. The summed E-state index contributed by atoms with van der Waals surface area (Å²) in [5.41, 5.74) is 0.314. The summed E-state index contributed by atoms with van der Waals surface area (Å²) >= 11 is 0. The van der Waals surface area contributed by atoms with Crippen LogP contribution >= 0.6 is 0 Å². The summed E-state index contributed by atoms with van der Waals surface area (Å²) in [5, 5.41) is 0. The minimum absolute atomic E-state index is 0.0154. The van der Waals surface area contributed by atoms with Crippen molar-refractivity contribution in [3.63, 3.8) is 0 Å². The zero-order valence-electron chi connectivity index (χ0n) is 12.4. The number of halogens is 1. The topological polar surface area (TPSA) is 46.6 Å². The van der Waals surface area contributed by atoms with Crippen molar-refractivity contribution in [3.8, 4) is 0 Å². The van der Waals surface area contributed by atoms with Crippen LogP contribution in [0.25, 0.3) is 0 Å². The number of carbonyl (C=O) groups excluding carboxylic acids is 2. The van der Waals surface area contributed by atoms with Crippen molar-refractivity contribution in [2.75, 3.05) is 20.2 Å². The van der Waals surface area contributed by atoms with Crippen molar-refractivity contribution in [2.45, 2.75) is 31.6 Å². The lowest BCUT2D eigenvalue weighted by Crippen LogP contribution is -2.37. The first-order chi connectivity index (χ1) is 9.99. The van der Waals surface area contributed by atoms with E-state index in [4.69, 9.17) is 4.74 Å². The molecule has 0 N–H and O–H groups in total. The summed E-state index contributed by atoms with van der Waals surface area (Å²) < 4.78 is 17.8. The zero-order chi connectivity index (χ0) is 15.5. The van der Waals surface area contributed by atoms with Gasteiger partial charge in [0.25, 0.3) is 0 Å². The van der Waals surface area contributed by atoms with E-state index in [1.807, 2.05) is 0 Å². The highest BCUT2D eigenvalue weighted by Crippen LogP contribution is 2.49. The predicted molar refractivity (Wildman–Crippen MR) is 76.2 cm³/mol. The fourth-order valence-electron chi connectivity index (χ4n) is 2.48. The van der Waals surface area contributed by atoms with Crippen LogP contribution in [-0.4, -0.2) is 37.0 Å². The summed E-state index contributed by atoms with van der Waals surface area (Å²) in [6.07, 6.45) is 1.72. The van der Waals surface area contributed by atoms with Gasteiger partial charge in [0.1, 0.15) is 5.82 Å². The van der Waals surface area contributed by atoms with Gasteiger partial charge < -0.3 is 9.64 Å². The third-order valence-corrected chi connectivity index (χ3v) is 3.86. The van der Waals surface area contributed by atoms with E-state index in [1.54, 1.807) is 31.0 Å². The molecule has 0 bridgehead atoms. The Balaban J connectivity index is 1.98. The highest BCUT2D eigenvalue weighted by molar-refractivity contribution is 5.91. The van der Waals surface area contributed by atoms with Crippen molar-refractivity contribution >= 4 is 11.9 Å². The first-order valence-electron chi connectivity index (χ1n) is 7.17. The van der Waals surface area contributed by atoms with Gasteiger partial charge in [-0.05, 0) is 37.5 Å². The normalized spacial score (nSPS) is 15.4. The van der Waals surface area contributed by atoms with Crippen LogP contribution in [-0.2, 0) is 19.7 Å². The third-order valence-electron chi connectivity index (χ3n) is 3.86. The van der Waals surface area contributed by atoms with Crippen LogP contribution in [0.1, 0.15) is 31.7 Å². The molecule has 21 heavy (non-hydrogen) atoms. The van der Waals surface area contributed by atoms with Crippen LogP contribution in [0.15, 0.2) is 24.3 Å². The molecule has 1 aliphatic rings. The van der Waals surface area contributed by atoms with Crippen LogP contribution in [0.3, 0.4) is 0 Å². The van der Waals surface area contributed by atoms with Gasteiger partial charge in [0, 0.05) is 13.6 Å². The first kappa shape index (κ1) is 15.5. The molecule has 5 heteroatoms. The maximum atomic E-state index is 13.0. The van der Waals surface area contributed by atoms with E-state index in [0.29, 0.717) is 13.2 Å². The molecule has 2 rings (SSSR count). The molecule has 1 saturated carbocycles. The largest absolute Gasteiger partial charge is 0.466 e. The summed E-state index contributed by atoms with van der Waals surface area (Å²) in [6, 6.07) is 6.08. The monoisotopic (exact) mass is 293 g/mol. The van der Waals surface area contributed by atoms with Gasteiger partial charge in [-0.3, -0.25) is 9.59 Å². The summed E-state index contributed by atoms with van der Waals surface area (Å²) in [7, 11) is 1.69. The average Bonchev–Trinajstić information content (AvgIpc) is 3.26. The second-order valence-electron chi connectivity index (χ2n) is 5.37. The minimum atomic E-state index is -0.531. The Morgan fingerprint density at radius 1 is 1.29 bits per heavy atom. The van der Waals surface area contributed by atoms with Gasteiger partial charge in [0.05, 0.1) is 18.4 Å².